The van der Waals surface area contributed by atoms with Gasteiger partial charge in [-0.2, -0.15) is 0 Å². The summed E-state index contributed by atoms with van der Waals surface area (Å²) >= 11 is 0. The van der Waals surface area contributed by atoms with Crippen LogP contribution in [-0.4, -0.2) is 45.6 Å². The van der Waals surface area contributed by atoms with Crippen LogP contribution in [0.2, 0.25) is 0 Å². The third kappa shape index (κ3) is 20.3. The first kappa shape index (κ1) is 61.1. The molecule has 0 heterocycles. The van der Waals surface area contributed by atoms with Gasteiger partial charge >= 0.3 is 11.9 Å². The number of esters is 2. The molecule has 0 unspecified atom stereocenters. The van der Waals surface area contributed by atoms with Crippen molar-refractivity contribution in [3.05, 3.63) is 155 Å². The van der Waals surface area contributed by atoms with Crippen molar-refractivity contribution >= 4 is 11.9 Å². The molecule has 5 aromatic rings. The molecule has 8 nitrogen and oxygen atoms in total. The molecule has 5 rings (SSSR count). The number of benzene rings is 5. The number of phenols is 4. The highest BCUT2D eigenvalue weighted by Crippen LogP contribution is 2.45. The van der Waals surface area contributed by atoms with Crippen molar-refractivity contribution in [3.8, 4) is 23.0 Å². The number of carbonyl (C=O) groups excluding carboxylic acids is 2. The standard InChI is InChI=1S/C68H94O8/c1-3-5-7-25-49-67(55-33-41-59(69)42-34-55,56-35-43-60(70)44-36-56)51-27-19-15-11-9-13-17-21-29-53-75-65(73)63-31-23-24-32-64(63)66(74)76-54-30-22-18-14-10-12-16-20-28-52-68(50-26-8-6-4-2,57-37-45-61(71)46-38-57)58-39-47-62(72)48-40-58/h23-24,31-48,69-72H,3-22,25-30,49-54H2,1-2H3. The first-order chi connectivity index (χ1) is 37.1. The summed E-state index contributed by atoms with van der Waals surface area (Å²) in [7, 11) is 0. The molecule has 0 spiro atoms. The van der Waals surface area contributed by atoms with Crippen molar-refractivity contribution in [2.45, 2.75) is 217 Å². The number of hydrogen-bond donors (Lipinski definition) is 4. The molecule has 76 heavy (non-hydrogen) atoms. The SMILES string of the molecule is CCCCCCC(CCCCCCCCCCCOC(=O)c1ccccc1C(=O)OCCCCCCCCCCCC(CCCCCC)(c1ccc(O)cc1)c1ccc(O)cc1)(c1ccc(O)cc1)c1ccc(O)cc1. The summed E-state index contributed by atoms with van der Waals surface area (Å²) in [4.78, 5) is 26.2. The van der Waals surface area contributed by atoms with E-state index < -0.39 is 11.9 Å². The molecule has 0 aliphatic heterocycles. The summed E-state index contributed by atoms with van der Waals surface area (Å²) in [5.74, 6) is 0.157. The summed E-state index contributed by atoms with van der Waals surface area (Å²) in [6.45, 7) is 5.14. The Morgan fingerprint density at radius 3 is 0.789 bits per heavy atom. The molecule has 0 amide bonds. The predicted molar refractivity (Wildman–Crippen MR) is 311 cm³/mol. The average Bonchev–Trinajstić information content (AvgIpc) is 3.44. The zero-order valence-electron chi connectivity index (χ0n) is 46.6. The van der Waals surface area contributed by atoms with E-state index in [1.165, 1.54) is 99.3 Å². The molecule has 414 valence electrons. The van der Waals surface area contributed by atoms with Gasteiger partial charge in [0.25, 0.3) is 0 Å². The van der Waals surface area contributed by atoms with Gasteiger partial charge in [0, 0.05) is 10.8 Å². The molecule has 0 aliphatic carbocycles. The molecule has 0 bridgehead atoms. The molecule has 4 N–H and O–H groups in total. The lowest BCUT2D eigenvalue weighted by molar-refractivity contribution is 0.0450. The van der Waals surface area contributed by atoms with Gasteiger partial charge in [-0.15, -0.1) is 0 Å². The minimum Gasteiger partial charge on any atom is -0.508 e. The van der Waals surface area contributed by atoms with Gasteiger partial charge in [0.05, 0.1) is 24.3 Å². The maximum Gasteiger partial charge on any atom is 0.339 e. The van der Waals surface area contributed by atoms with E-state index in [0.717, 1.165) is 116 Å². The van der Waals surface area contributed by atoms with E-state index in [1.807, 2.05) is 0 Å². The molecular formula is C68H94O8. The molecule has 0 saturated heterocycles. The maximum absolute atomic E-state index is 13.1. The Morgan fingerprint density at radius 2 is 0.539 bits per heavy atom. The van der Waals surface area contributed by atoms with Gasteiger partial charge in [-0.05, 0) is 121 Å². The van der Waals surface area contributed by atoms with Crippen LogP contribution >= 0.6 is 0 Å². The summed E-state index contributed by atoms with van der Waals surface area (Å²) in [6.07, 6.45) is 33.4. The molecule has 0 aliphatic rings. The van der Waals surface area contributed by atoms with Crippen molar-refractivity contribution in [2.75, 3.05) is 13.2 Å². The fourth-order valence-electron chi connectivity index (χ4n) is 11.4. The topological polar surface area (TPSA) is 134 Å². The summed E-state index contributed by atoms with van der Waals surface area (Å²) in [6, 6.07) is 37.9. The molecular weight excluding hydrogens is 945 g/mol. The van der Waals surface area contributed by atoms with Crippen LogP contribution in [0.5, 0.6) is 23.0 Å². The van der Waals surface area contributed by atoms with Gasteiger partial charge in [0.15, 0.2) is 0 Å². The summed E-state index contributed by atoms with van der Waals surface area (Å²) in [5.41, 5.74) is 5.12. The van der Waals surface area contributed by atoms with E-state index in [4.69, 9.17) is 9.47 Å². The normalized spacial score (nSPS) is 11.7. The predicted octanol–water partition coefficient (Wildman–Crippen LogP) is 18.5. The van der Waals surface area contributed by atoms with E-state index in [1.54, 1.807) is 72.8 Å². The highest BCUT2D eigenvalue weighted by Gasteiger charge is 2.35. The largest absolute Gasteiger partial charge is 0.508 e. The van der Waals surface area contributed by atoms with Crippen LogP contribution in [0, 0.1) is 0 Å². The van der Waals surface area contributed by atoms with Gasteiger partial charge in [-0.3, -0.25) is 0 Å². The fourth-order valence-corrected chi connectivity index (χ4v) is 11.4. The monoisotopic (exact) mass is 1040 g/mol. The lowest BCUT2D eigenvalue weighted by Crippen LogP contribution is -2.28. The number of aromatic hydroxyl groups is 4. The van der Waals surface area contributed by atoms with Crippen molar-refractivity contribution in [1.29, 1.82) is 0 Å². The smallest absolute Gasteiger partial charge is 0.339 e. The zero-order chi connectivity index (χ0) is 54.1. The Labute approximate surface area is 457 Å². The molecule has 5 aromatic carbocycles. The molecule has 0 aromatic heterocycles. The second-order valence-electron chi connectivity index (χ2n) is 21.7. The number of phenolic OH excluding ortho intramolecular Hbond substituents is 4. The van der Waals surface area contributed by atoms with Crippen molar-refractivity contribution in [2.24, 2.45) is 0 Å². The molecule has 0 atom stereocenters. The Hall–Kier alpha value is -5.76. The van der Waals surface area contributed by atoms with Crippen LogP contribution < -0.4 is 0 Å². The highest BCUT2D eigenvalue weighted by atomic mass is 16.5. The van der Waals surface area contributed by atoms with E-state index in [9.17, 15) is 30.0 Å². The number of rotatable bonds is 40. The van der Waals surface area contributed by atoms with Gasteiger partial charge < -0.3 is 29.9 Å². The minimum absolute atomic E-state index is 0.159. The van der Waals surface area contributed by atoms with Gasteiger partial charge in [-0.1, -0.05) is 229 Å². The Bertz CT molecular complexity index is 2080. The van der Waals surface area contributed by atoms with E-state index >= 15 is 0 Å². The number of unbranched alkanes of at least 4 members (excludes halogenated alkanes) is 22. The van der Waals surface area contributed by atoms with Crippen molar-refractivity contribution < 1.29 is 39.5 Å². The first-order valence-electron chi connectivity index (χ1n) is 29.7. The van der Waals surface area contributed by atoms with Crippen LogP contribution in [0.4, 0.5) is 0 Å². The van der Waals surface area contributed by atoms with E-state index in [2.05, 4.69) is 62.4 Å². The molecule has 0 fully saturated rings. The second-order valence-corrected chi connectivity index (χ2v) is 21.7. The Balaban J connectivity index is 0.917. The van der Waals surface area contributed by atoms with E-state index in [0.29, 0.717) is 13.2 Å². The highest BCUT2D eigenvalue weighted by molar-refractivity contribution is 6.03. The zero-order valence-corrected chi connectivity index (χ0v) is 46.6. The van der Waals surface area contributed by atoms with Crippen molar-refractivity contribution in [1.82, 2.24) is 0 Å². The van der Waals surface area contributed by atoms with Crippen LogP contribution in [0.15, 0.2) is 121 Å². The minimum atomic E-state index is -0.482. The third-order valence-electron chi connectivity index (χ3n) is 15.9. The lowest BCUT2D eigenvalue weighted by atomic mass is 9.68. The molecule has 0 saturated carbocycles. The maximum atomic E-state index is 13.1. The van der Waals surface area contributed by atoms with Crippen LogP contribution in [0.25, 0.3) is 0 Å². The van der Waals surface area contributed by atoms with Gasteiger partial charge in [0.2, 0.25) is 0 Å². The quantitative estimate of drug-likeness (QED) is 0.0225. The Morgan fingerprint density at radius 1 is 0.316 bits per heavy atom. The molecule has 0 radical (unpaired) electrons. The van der Waals surface area contributed by atoms with E-state index in [-0.39, 0.29) is 45.0 Å². The Kier molecular flexibility index (Phi) is 28.0. The average molecular weight is 1040 g/mol. The number of ether oxygens (including phenoxy) is 2. The van der Waals surface area contributed by atoms with Crippen LogP contribution in [-0.2, 0) is 20.3 Å². The lowest BCUT2D eigenvalue weighted by Gasteiger charge is -2.36. The third-order valence-corrected chi connectivity index (χ3v) is 15.9. The summed E-state index contributed by atoms with van der Waals surface area (Å²) < 4.78 is 11.3. The summed E-state index contributed by atoms with van der Waals surface area (Å²) in [5, 5.41) is 40.4. The number of hydrogen-bond acceptors (Lipinski definition) is 8. The van der Waals surface area contributed by atoms with Crippen LogP contribution in [0.3, 0.4) is 0 Å². The van der Waals surface area contributed by atoms with Crippen LogP contribution in [0.1, 0.15) is 249 Å². The van der Waals surface area contributed by atoms with Gasteiger partial charge in [0.1, 0.15) is 23.0 Å². The molecule has 8 heteroatoms. The fraction of sp³-hybridized carbons (Fsp3) is 0.529. The van der Waals surface area contributed by atoms with Crippen molar-refractivity contribution in [3.63, 3.8) is 0 Å². The first-order valence-corrected chi connectivity index (χ1v) is 29.7. The second kappa shape index (κ2) is 34.8. The number of carbonyl (C=O) groups is 2. The van der Waals surface area contributed by atoms with Gasteiger partial charge in [-0.25, -0.2) is 9.59 Å².